The van der Waals surface area contributed by atoms with Crippen LogP contribution in [0.5, 0.6) is 5.75 Å². The van der Waals surface area contributed by atoms with Crippen molar-refractivity contribution in [2.75, 3.05) is 13.2 Å². The molecule has 2 heterocycles. The lowest BCUT2D eigenvalue weighted by atomic mass is 10.0. The average molecular weight is 312 g/mol. The van der Waals surface area contributed by atoms with Crippen molar-refractivity contribution in [2.45, 2.75) is 19.9 Å². The Morgan fingerprint density at radius 1 is 1.30 bits per heavy atom. The molecule has 3 rings (SSSR count). The number of ether oxygens (including phenoxy) is 1. The van der Waals surface area contributed by atoms with Gasteiger partial charge in [0.05, 0.1) is 22.3 Å². The van der Waals surface area contributed by atoms with Gasteiger partial charge in [0.1, 0.15) is 0 Å². The molecule has 2 N–H and O–H groups in total. The maximum Gasteiger partial charge on any atom is 0.156 e. The lowest BCUT2D eigenvalue weighted by Gasteiger charge is -2.14. The molecule has 106 valence electrons. The molecule has 0 bridgehead atoms. The summed E-state index contributed by atoms with van der Waals surface area (Å²) >= 11 is 12.5. The Morgan fingerprint density at radius 2 is 2.05 bits per heavy atom. The van der Waals surface area contributed by atoms with Crippen molar-refractivity contribution >= 4 is 23.2 Å². The third-order valence-electron chi connectivity index (χ3n) is 3.37. The first-order valence-corrected chi connectivity index (χ1v) is 7.35. The number of H-pyrrole nitrogens is 1. The van der Waals surface area contributed by atoms with Crippen molar-refractivity contribution in [3.8, 4) is 17.0 Å². The number of fused-ring (bicyclic) bond motifs is 1. The van der Waals surface area contributed by atoms with E-state index in [1.165, 1.54) is 11.3 Å². The number of hydrogen-bond acceptors (Lipinski definition) is 3. The van der Waals surface area contributed by atoms with Crippen LogP contribution in [0.15, 0.2) is 12.1 Å². The lowest BCUT2D eigenvalue weighted by Crippen LogP contribution is -2.23. The maximum absolute atomic E-state index is 6.25. The van der Waals surface area contributed by atoms with Crippen LogP contribution < -0.4 is 10.1 Å². The second-order valence-electron chi connectivity index (χ2n) is 4.66. The van der Waals surface area contributed by atoms with E-state index in [0.29, 0.717) is 22.4 Å². The van der Waals surface area contributed by atoms with Crippen molar-refractivity contribution < 1.29 is 4.74 Å². The highest BCUT2D eigenvalue weighted by Crippen LogP contribution is 2.38. The molecule has 4 nitrogen and oxygen atoms in total. The first-order chi connectivity index (χ1) is 9.70. The summed E-state index contributed by atoms with van der Waals surface area (Å²) in [6.07, 6.45) is 0.959. The number of halogens is 2. The van der Waals surface area contributed by atoms with Crippen LogP contribution in [0, 0.1) is 0 Å². The fourth-order valence-electron chi connectivity index (χ4n) is 2.44. The van der Waals surface area contributed by atoms with E-state index < -0.39 is 0 Å². The van der Waals surface area contributed by atoms with E-state index in [0.717, 1.165) is 30.8 Å². The third-order valence-corrected chi connectivity index (χ3v) is 3.93. The number of nitrogens with zero attached hydrogens (tertiary/aromatic N) is 1. The number of rotatable bonds is 3. The van der Waals surface area contributed by atoms with Crippen molar-refractivity contribution in [1.82, 2.24) is 15.5 Å². The molecule has 0 unspecified atom stereocenters. The molecular weight excluding hydrogens is 297 g/mol. The van der Waals surface area contributed by atoms with Crippen molar-refractivity contribution in [1.29, 1.82) is 0 Å². The maximum atomic E-state index is 6.25. The monoisotopic (exact) mass is 311 g/mol. The third kappa shape index (κ3) is 2.39. The molecule has 0 fully saturated rings. The van der Waals surface area contributed by atoms with Gasteiger partial charge in [-0.2, -0.15) is 5.10 Å². The molecule has 0 saturated carbocycles. The topological polar surface area (TPSA) is 49.9 Å². The van der Waals surface area contributed by atoms with Gasteiger partial charge in [0.15, 0.2) is 5.75 Å². The van der Waals surface area contributed by atoms with E-state index in [1.807, 2.05) is 19.1 Å². The Kier molecular flexibility index (Phi) is 3.87. The second kappa shape index (κ2) is 5.64. The molecule has 1 aromatic carbocycles. The summed E-state index contributed by atoms with van der Waals surface area (Å²) in [5, 5.41) is 11.9. The zero-order valence-corrected chi connectivity index (χ0v) is 12.6. The van der Waals surface area contributed by atoms with Gasteiger partial charge in [0, 0.05) is 36.3 Å². The smallest absolute Gasteiger partial charge is 0.156 e. The molecule has 1 aromatic heterocycles. The van der Waals surface area contributed by atoms with Crippen LogP contribution in [0.3, 0.4) is 0 Å². The molecular formula is C14H15Cl2N3O. The summed E-state index contributed by atoms with van der Waals surface area (Å²) in [5.41, 5.74) is 4.18. The molecule has 0 amide bonds. The Morgan fingerprint density at radius 3 is 2.75 bits per heavy atom. The molecule has 0 atom stereocenters. The summed E-state index contributed by atoms with van der Waals surface area (Å²) in [6, 6.07) is 3.70. The van der Waals surface area contributed by atoms with Crippen molar-refractivity contribution in [2.24, 2.45) is 0 Å². The van der Waals surface area contributed by atoms with E-state index in [9.17, 15) is 0 Å². The number of nitrogens with one attached hydrogen (secondary N) is 2. The average Bonchev–Trinajstić information content (AvgIpc) is 2.86. The lowest BCUT2D eigenvalue weighted by molar-refractivity contribution is 0.340. The predicted octanol–water partition coefficient (Wildman–Crippen LogP) is 3.43. The van der Waals surface area contributed by atoms with Gasteiger partial charge in [0.2, 0.25) is 0 Å². The number of benzene rings is 1. The zero-order valence-electron chi connectivity index (χ0n) is 11.1. The Labute approximate surface area is 127 Å². The second-order valence-corrected chi connectivity index (χ2v) is 5.47. The molecule has 0 saturated heterocycles. The molecule has 20 heavy (non-hydrogen) atoms. The van der Waals surface area contributed by atoms with E-state index in [1.54, 1.807) is 0 Å². The largest absolute Gasteiger partial charge is 0.491 e. The minimum absolute atomic E-state index is 0.509. The Hall–Kier alpha value is -1.23. The van der Waals surface area contributed by atoms with E-state index in [2.05, 4.69) is 15.5 Å². The number of aromatic nitrogens is 2. The van der Waals surface area contributed by atoms with Gasteiger partial charge in [0.25, 0.3) is 0 Å². The molecule has 0 radical (unpaired) electrons. The fourth-order valence-corrected chi connectivity index (χ4v) is 3.04. The molecule has 0 spiro atoms. The zero-order chi connectivity index (χ0) is 14.1. The van der Waals surface area contributed by atoms with Gasteiger partial charge in [-0.25, -0.2) is 0 Å². The summed E-state index contributed by atoms with van der Waals surface area (Å²) < 4.78 is 5.45. The quantitative estimate of drug-likeness (QED) is 0.913. The van der Waals surface area contributed by atoms with E-state index in [4.69, 9.17) is 27.9 Å². The first-order valence-electron chi connectivity index (χ1n) is 6.59. The van der Waals surface area contributed by atoms with Crippen LogP contribution in [0.25, 0.3) is 11.3 Å². The molecule has 1 aliphatic heterocycles. The Balaban J connectivity index is 2.05. The van der Waals surface area contributed by atoms with Crippen molar-refractivity contribution in [3.05, 3.63) is 33.4 Å². The molecule has 2 aromatic rings. The summed E-state index contributed by atoms with van der Waals surface area (Å²) in [6.45, 7) is 4.21. The SMILES string of the molecule is CCOc1c(Cl)cc(-c2n[nH]c3c2CNCC3)cc1Cl. The van der Waals surface area contributed by atoms with Crippen LogP contribution >= 0.6 is 23.2 Å². The minimum atomic E-state index is 0.509. The fraction of sp³-hybridized carbons (Fsp3) is 0.357. The van der Waals surface area contributed by atoms with Crippen molar-refractivity contribution in [3.63, 3.8) is 0 Å². The van der Waals surface area contributed by atoms with Gasteiger partial charge in [-0.1, -0.05) is 23.2 Å². The van der Waals surface area contributed by atoms with Gasteiger partial charge in [-0.15, -0.1) is 0 Å². The Bertz CT molecular complexity index is 616. The van der Waals surface area contributed by atoms with Gasteiger partial charge in [-0.3, -0.25) is 5.10 Å². The van der Waals surface area contributed by atoms with Gasteiger partial charge < -0.3 is 10.1 Å². The summed E-state index contributed by atoms with van der Waals surface area (Å²) in [7, 11) is 0. The minimum Gasteiger partial charge on any atom is -0.491 e. The van der Waals surface area contributed by atoms with Crippen LogP contribution in [0.2, 0.25) is 10.0 Å². The van der Waals surface area contributed by atoms with E-state index >= 15 is 0 Å². The summed E-state index contributed by atoms with van der Waals surface area (Å²) in [4.78, 5) is 0. The van der Waals surface area contributed by atoms with Crippen LogP contribution in [0.4, 0.5) is 0 Å². The van der Waals surface area contributed by atoms with Crippen LogP contribution in [0.1, 0.15) is 18.2 Å². The van der Waals surface area contributed by atoms with Gasteiger partial charge in [-0.05, 0) is 19.1 Å². The standard InChI is InChI=1S/C14H15Cl2N3O/c1-2-20-14-10(15)5-8(6-11(14)16)13-9-7-17-4-3-12(9)18-19-13/h5-6,17H,2-4,7H2,1H3,(H,18,19). The highest BCUT2D eigenvalue weighted by Gasteiger charge is 2.19. The van der Waals surface area contributed by atoms with Crippen LogP contribution in [-0.2, 0) is 13.0 Å². The molecule has 0 aliphatic carbocycles. The highest BCUT2D eigenvalue weighted by molar-refractivity contribution is 6.37. The summed E-state index contributed by atoms with van der Waals surface area (Å²) in [5.74, 6) is 0.530. The molecule has 1 aliphatic rings. The normalized spacial score (nSPS) is 14.2. The van der Waals surface area contributed by atoms with Crippen LogP contribution in [-0.4, -0.2) is 23.3 Å². The highest BCUT2D eigenvalue weighted by atomic mass is 35.5. The van der Waals surface area contributed by atoms with Gasteiger partial charge >= 0.3 is 0 Å². The first kappa shape index (κ1) is 13.7. The molecule has 6 heteroatoms. The predicted molar refractivity (Wildman–Crippen MR) is 80.6 cm³/mol. The van der Waals surface area contributed by atoms with E-state index in [-0.39, 0.29) is 0 Å². The number of aromatic amines is 1. The number of hydrogen-bond donors (Lipinski definition) is 2.